The topological polar surface area (TPSA) is 50.4 Å². The summed E-state index contributed by atoms with van der Waals surface area (Å²) >= 11 is 0. The summed E-state index contributed by atoms with van der Waals surface area (Å²) in [6.45, 7) is 15.0. The predicted octanol–water partition coefficient (Wildman–Crippen LogP) is 3.85. The van der Waals surface area contributed by atoms with Gasteiger partial charge in [-0.25, -0.2) is 4.79 Å². The van der Waals surface area contributed by atoms with Crippen LogP contribution in [-0.4, -0.2) is 29.8 Å². The standard InChI is InChI=1S/C16H34N2O2/c1-8-11-13(4)17-12-16(9-2,10-3)18-14(19)20-15(5,6)7/h13,17H,8-12H2,1-7H3,(H,18,19). The molecule has 1 atom stereocenters. The molecule has 0 fully saturated rings. The van der Waals surface area contributed by atoms with Crippen LogP contribution in [0.1, 0.15) is 74.1 Å². The number of carbonyl (C=O) groups is 1. The lowest BCUT2D eigenvalue weighted by molar-refractivity contribution is 0.0444. The average molecular weight is 286 g/mol. The SMILES string of the molecule is CCCC(C)NCC(CC)(CC)NC(=O)OC(C)(C)C. The molecule has 0 bridgehead atoms. The number of rotatable bonds is 8. The van der Waals surface area contributed by atoms with Gasteiger partial charge in [-0.3, -0.25) is 0 Å². The van der Waals surface area contributed by atoms with E-state index < -0.39 is 5.60 Å². The van der Waals surface area contributed by atoms with Crippen LogP contribution in [0.4, 0.5) is 4.79 Å². The maximum Gasteiger partial charge on any atom is 0.408 e. The molecule has 0 heterocycles. The summed E-state index contributed by atoms with van der Waals surface area (Å²) in [5.74, 6) is 0. The number of ether oxygens (including phenoxy) is 1. The van der Waals surface area contributed by atoms with E-state index in [4.69, 9.17) is 4.74 Å². The smallest absolute Gasteiger partial charge is 0.408 e. The van der Waals surface area contributed by atoms with Gasteiger partial charge >= 0.3 is 6.09 Å². The summed E-state index contributed by atoms with van der Waals surface area (Å²) in [4.78, 5) is 12.0. The highest BCUT2D eigenvalue weighted by molar-refractivity contribution is 5.68. The molecule has 1 unspecified atom stereocenters. The van der Waals surface area contributed by atoms with Crippen LogP contribution >= 0.6 is 0 Å². The summed E-state index contributed by atoms with van der Waals surface area (Å²) in [6.07, 6.45) is 3.75. The van der Waals surface area contributed by atoms with Gasteiger partial charge in [0, 0.05) is 12.6 Å². The number of carbonyl (C=O) groups excluding carboxylic acids is 1. The lowest BCUT2D eigenvalue weighted by Gasteiger charge is -2.35. The van der Waals surface area contributed by atoms with Crippen molar-refractivity contribution in [1.29, 1.82) is 0 Å². The molecule has 0 spiro atoms. The molecule has 0 saturated heterocycles. The molecule has 0 aliphatic heterocycles. The Kier molecular flexibility index (Phi) is 8.17. The first-order valence-electron chi connectivity index (χ1n) is 7.92. The minimum atomic E-state index is -0.458. The summed E-state index contributed by atoms with van der Waals surface area (Å²) in [5, 5.41) is 6.58. The Morgan fingerprint density at radius 3 is 2.10 bits per heavy atom. The molecule has 1 amide bonds. The Hall–Kier alpha value is -0.770. The molecule has 0 aliphatic rings. The molecule has 4 heteroatoms. The molecule has 120 valence electrons. The van der Waals surface area contributed by atoms with Crippen LogP contribution < -0.4 is 10.6 Å². The molecule has 0 aromatic rings. The van der Waals surface area contributed by atoms with Crippen molar-refractivity contribution in [3.05, 3.63) is 0 Å². The Balaban J connectivity index is 4.55. The van der Waals surface area contributed by atoms with Crippen LogP contribution in [0.15, 0.2) is 0 Å². The molecule has 0 rings (SSSR count). The van der Waals surface area contributed by atoms with Crippen LogP contribution in [0.3, 0.4) is 0 Å². The van der Waals surface area contributed by atoms with Gasteiger partial charge in [-0.15, -0.1) is 0 Å². The van der Waals surface area contributed by atoms with E-state index in [2.05, 4.69) is 38.3 Å². The quantitative estimate of drug-likeness (QED) is 0.712. The molecule has 0 aromatic carbocycles. The first-order chi connectivity index (χ1) is 9.18. The fourth-order valence-electron chi connectivity index (χ4n) is 2.15. The van der Waals surface area contributed by atoms with Crippen LogP contribution in [0.25, 0.3) is 0 Å². The molecular formula is C16H34N2O2. The maximum absolute atomic E-state index is 12.0. The third kappa shape index (κ3) is 7.73. The summed E-state index contributed by atoms with van der Waals surface area (Å²) in [6, 6.07) is 0.470. The van der Waals surface area contributed by atoms with E-state index in [0.717, 1.165) is 25.8 Å². The van der Waals surface area contributed by atoms with Gasteiger partial charge in [-0.1, -0.05) is 27.2 Å². The van der Waals surface area contributed by atoms with Crippen molar-refractivity contribution < 1.29 is 9.53 Å². The largest absolute Gasteiger partial charge is 0.444 e. The fourth-order valence-corrected chi connectivity index (χ4v) is 2.15. The van der Waals surface area contributed by atoms with Gasteiger partial charge < -0.3 is 15.4 Å². The fraction of sp³-hybridized carbons (Fsp3) is 0.938. The highest BCUT2D eigenvalue weighted by atomic mass is 16.6. The van der Waals surface area contributed by atoms with Crippen molar-refractivity contribution in [3.8, 4) is 0 Å². The second-order valence-electron chi connectivity index (χ2n) is 6.68. The van der Waals surface area contributed by atoms with E-state index in [1.54, 1.807) is 0 Å². The van der Waals surface area contributed by atoms with E-state index in [0.29, 0.717) is 6.04 Å². The number of hydrogen-bond donors (Lipinski definition) is 2. The minimum Gasteiger partial charge on any atom is -0.444 e. The highest BCUT2D eigenvalue weighted by Crippen LogP contribution is 2.16. The van der Waals surface area contributed by atoms with Crippen molar-refractivity contribution in [2.45, 2.75) is 91.3 Å². The van der Waals surface area contributed by atoms with Crippen molar-refractivity contribution in [1.82, 2.24) is 10.6 Å². The highest BCUT2D eigenvalue weighted by Gasteiger charge is 2.30. The molecule has 0 aromatic heterocycles. The van der Waals surface area contributed by atoms with Gasteiger partial charge in [0.05, 0.1) is 5.54 Å². The maximum atomic E-state index is 12.0. The first-order valence-corrected chi connectivity index (χ1v) is 7.92. The lowest BCUT2D eigenvalue weighted by Crippen LogP contribution is -2.56. The number of alkyl carbamates (subject to hydrolysis) is 1. The summed E-state index contributed by atoms with van der Waals surface area (Å²) < 4.78 is 5.37. The molecule has 0 radical (unpaired) electrons. The minimum absolute atomic E-state index is 0.232. The second kappa shape index (κ2) is 8.50. The Labute approximate surface area is 125 Å². The average Bonchev–Trinajstić information content (AvgIpc) is 2.32. The predicted molar refractivity (Wildman–Crippen MR) is 85.1 cm³/mol. The van der Waals surface area contributed by atoms with E-state index in [-0.39, 0.29) is 11.6 Å². The molecule has 0 saturated carbocycles. The van der Waals surface area contributed by atoms with Gasteiger partial charge in [0.15, 0.2) is 0 Å². The number of hydrogen-bond acceptors (Lipinski definition) is 3. The zero-order chi connectivity index (χ0) is 15.8. The van der Waals surface area contributed by atoms with Gasteiger partial charge in [0.2, 0.25) is 0 Å². The molecular weight excluding hydrogens is 252 g/mol. The molecule has 0 aliphatic carbocycles. The van der Waals surface area contributed by atoms with Gasteiger partial charge in [0.1, 0.15) is 5.60 Å². The Morgan fingerprint density at radius 1 is 1.15 bits per heavy atom. The zero-order valence-corrected chi connectivity index (χ0v) is 14.4. The van der Waals surface area contributed by atoms with E-state index in [1.165, 1.54) is 6.42 Å². The second-order valence-corrected chi connectivity index (χ2v) is 6.68. The summed E-state index contributed by atoms with van der Waals surface area (Å²) in [5.41, 5.74) is -0.690. The van der Waals surface area contributed by atoms with E-state index in [9.17, 15) is 4.79 Å². The number of amides is 1. The van der Waals surface area contributed by atoms with Crippen molar-refractivity contribution in [3.63, 3.8) is 0 Å². The van der Waals surface area contributed by atoms with Crippen LogP contribution in [-0.2, 0) is 4.74 Å². The summed E-state index contributed by atoms with van der Waals surface area (Å²) in [7, 11) is 0. The van der Waals surface area contributed by atoms with Crippen molar-refractivity contribution in [2.24, 2.45) is 0 Å². The van der Waals surface area contributed by atoms with Gasteiger partial charge in [-0.05, 0) is 47.0 Å². The lowest BCUT2D eigenvalue weighted by atomic mass is 9.92. The molecule has 4 nitrogen and oxygen atoms in total. The zero-order valence-electron chi connectivity index (χ0n) is 14.4. The van der Waals surface area contributed by atoms with Crippen molar-refractivity contribution >= 4 is 6.09 Å². The molecule has 20 heavy (non-hydrogen) atoms. The van der Waals surface area contributed by atoms with Crippen LogP contribution in [0.2, 0.25) is 0 Å². The van der Waals surface area contributed by atoms with E-state index in [1.807, 2.05) is 20.8 Å². The first kappa shape index (κ1) is 19.2. The Morgan fingerprint density at radius 2 is 1.70 bits per heavy atom. The third-order valence-corrected chi connectivity index (χ3v) is 3.63. The van der Waals surface area contributed by atoms with E-state index >= 15 is 0 Å². The van der Waals surface area contributed by atoms with Crippen molar-refractivity contribution in [2.75, 3.05) is 6.54 Å². The molecule has 2 N–H and O–H groups in total. The normalized spacial score (nSPS) is 13.9. The van der Waals surface area contributed by atoms with Crippen LogP contribution in [0, 0.1) is 0 Å². The number of nitrogens with one attached hydrogen (secondary N) is 2. The Bertz CT molecular complexity index is 281. The third-order valence-electron chi connectivity index (χ3n) is 3.63. The van der Waals surface area contributed by atoms with Gasteiger partial charge in [-0.2, -0.15) is 0 Å². The monoisotopic (exact) mass is 286 g/mol. The van der Waals surface area contributed by atoms with Gasteiger partial charge in [0.25, 0.3) is 0 Å². The van der Waals surface area contributed by atoms with Crippen LogP contribution in [0.5, 0.6) is 0 Å².